The third-order valence-corrected chi connectivity index (χ3v) is 8.85. The van der Waals surface area contributed by atoms with E-state index in [-0.39, 0.29) is 24.7 Å². The number of carbonyl (C=O) groups excluding carboxylic acids is 1. The predicted octanol–water partition coefficient (Wildman–Crippen LogP) is 4.56. The standard InChI is InChI=1S/C22H23FN2O6S3/c1-22(2,3)31-21(26)25(4)20-24-13-19(32-20)34(29,30)18-11-15(10-17(12-18)33(5,27)28)14-6-8-16(23)9-7-14/h6-13H,1-5H3. The van der Waals surface area contributed by atoms with Gasteiger partial charge in [-0.25, -0.2) is 31.0 Å². The molecule has 3 aromatic rings. The molecule has 1 amide bonds. The van der Waals surface area contributed by atoms with E-state index in [9.17, 15) is 26.0 Å². The van der Waals surface area contributed by atoms with E-state index in [1.54, 1.807) is 20.8 Å². The summed E-state index contributed by atoms with van der Waals surface area (Å²) in [5, 5.41) is 0.0888. The van der Waals surface area contributed by atoms with Gasteiger partial charge < -0.3 is 4.74 Å². The van der Waals surface area contributed by atoms with Gasteiger partial charge in [0.15, 0.2) is 15.0 Å². The van der Waals surface area contributed by atoms with Crippen molar-refractivity contribution in [3.05, 3.63) is 54.5 Å². The van der Waals surface area contributed by atoms with Gasteiger partial charge in [-0.1, -0.05) is 23.5 Å². The van der Waals surface area contributed by atoms with Gasteiger partial charge in [0, 0.05) is 13.3 Å². The van der Waals surface area contributed by atoms with Crippen LogP contribution >= 0.6 is 11.3 Å². The van der Waals surface area contributed by atoms with Gasteiger partial charge >= 0.3 is 6.09 Å². The van der Waals surface area contributed by atoms with Crippen LogP contribution in [0.1, 0.15) is 20.8 Å². The maximum Gasteiger partial charge on any atom is 0.416 e. The lowest BCUT2D eigenvalue weighted by Crippen LogP contribution is -2.34. The Kier molecular flexibility index (Phi) is 6.89. The fourth-order valence-electron chi connectivity index (χ4n) is 2.80. The van der Waals surface area contributed by atoms with Crippen LogP contribution in [0.5, 0.6) is 0 Å². The molecule has 0 unspecified atom stereocenters. The molecular formula is C22H23FN2O6S3. The minimum atomic E-state index is -4.20. The highest BCUT2D eigenvalue weighted by Gasteiger charge is 2.27. The van der Waals surface area contributed by atoms with Crippen molar-refractivity contribution in [2.24, 2.45) is 0 Å². The first-order chi connectivity index (χ1) is 15.6. The number of anilines is 1. The molecule has 0 aliphatic rings. The number of halogens is 1. The highest BCUT2D eigenvalue weighted by Crippen LogP contribution is 2.34. The van der Waals surface area contributed by atoms with Gasteiger partial charge in [-0.2, -0.15) is 0 Å². The second-order valence-corrected chi connectivity index (χ2v) is 13.7. The Morgan fingerprint density at radius 2 is 1.59 bits per heavy atom. The molecule has 0 aliphatic heterocycles. The van der Waals surface area contributed by atoms with E-state index in [1.807, 2.05) is 0 Å². The number of thiazole rings is 1. The first kappa shape index (κ1) is 25.8. The SMILES string of the molecule is CN(C(=O)OC(C)(C)C)c1ncc(S(=O)(=O)c2cc(-c3ccc(F)cc3)cc(S(C)(=O)=O)c2)s1. The van der Waals surface area contributed by atoms with Crippen LogP contribution in [0.15, 0.2) is 62.7 Å². The monoisotopic (exact) mass is 526 g/mol. The van der Waals surface area contributed by atoms with E-state index in [1.165, 1.54) is 43.4 Å². The molecular weight excluding hydrogens is 503 g/mol. The van der Waals surface area contributed by atoms with Gasteiger partial charge in [-0.15, -0.1) is 0 Å². The molecule has 3 rings (SSSR count). The molecule has 0 bridgehead atoms. The average Bonchev–Trinajstić information content (AvgIpc) is 3.22. The van der Waals surface area contributed by atoms with Crippen molar-refractivity contribution in [2.75, 3.05) is 18.2 Å². The predicted molar refractivity (Wildman–Crippen MR) is 127 cm³/mol. The van der Waals surface area contributed by atoms with Crippen molar-refractivity contribution < 1.29 is 30.8 Å². The number of benzene rings is 2. The second kappa shape index (κ2) is 9.08. The fraction of sp³-hybridized carbons (Fsp3) is 0.273. The molecule has 0 atom stereocenters. The Labute approximate surface area is 201 Å². The molecule has 8 nitrogen and oxygen atoms in total. The van der Waals surface area contributed by atoms with Crippen LogP contribution < -0.4 is 4.90 Å². The number of nitrogens with zero attached hydrogens (tertiary/aromatic N) is 2. The van der Waals surface area contributed by atoms with E-state index < -0.39 is 37.2 Å². The zero-order chi connectivity index (χ0) is 25.5. The van der Waals surface area contributed by atoms with Crippen LogP contribution in [0, 0.1) is 5.82 Å². The highest BCUT2D eigenvalue weighted by atomic mass is 32.2. The van der Waals surface area contributed by atoms with E-state index in [0.29, 0.717) is 5.56 Å². The second-order valence-electron chi connectivity index (χ2n) is 8.48. The zero-order valence-electron chi connectivity index (χ0n) is 19.1. The van der Waals surface area contributed by atoms with Crippen molar-refractivity contribution in [3.8, 4) is 11.1 Å². The molecule has 2 aromatic carbocycles. The molecule has 1 aromatic heterocycles. The van der Waals surface area contributed by atoms with Crippen molar-refractivity contribution in [2.45, 2.75) is 40.4 Å². The first-order valence-corrected chi connectivity index (χ1v) is 14.1. The van der Waals surface area contributed by atoms with Gasteiger partial charge in [-0.05, 0) is 62.2 Å². The lowest BCUT2D eigenvalue weighted by Gasteiger charge is -2.23. The number of rotatable bonds is 5. The molecule has 1 heterocycles. The summed E-state index contributed by atoms with van der Waals surface area (Å²) >= 11 is 0.741. The Morgan fingerprint density at radius 1 is 1.00 bits per heavy atom. The van der Waals surface area contributed by atoms with Crippen LogP contribution in [-0.4, -0.2) is 46.8 Å². The number of amides is 1. The Bertz CT molecular complexity index is 1440. The van der Waals surface area contributed by atoms with Crippen LogP contribution in [-0.2, 0) is 24.4 Å². The Hall–Kier alpha value is -2.83. The van der Waals surface area contributed by atoms with Crippen LogP contribution in [0.4, 0.5) is 14.3 Å². The fourth-order valence-corrected chi connectivity index (χ4v) is 6.10. The summed E-state index contributed by atoms with van der Waals surface area (Å²) in [6, 6.07) is 8.94. The normalized spacial score (nSPS) is 12.4. The maximum absolute atomic E-state index is 13.4. The van der Waals surface area contributed by atoms with Gasteiger partial charge in [0.2, 0.25) is 9.84 Å². The number of hydrogen-bond acceptors (Lipinski definition) is 8. The van der Waals surface area contributed by atoms with Gasteiger partial charge in [-0.3, -0.25) is 4.90 Å². The van der Waals surface area contributed by atoms with Crippen LogP contribution in [0.2, 0.25) is 0 Å². The summed E-state index contributed by atoms with van der Waals surface area (Å²) in [7, 11) is -6.56. The van der Waals surface area contributed by atoms with E-state index in [0.717, 1.165) is 34.8 Å². The lowest BCUT2D eigenvalue weighted by molar-refractivity contribution is 0.0589. The lowest BCUT2D eigenvalue weighted by atomic mass is 10.1. The van der Waals surface area contributed by atoms with Gasteiger partial charge in [0.25, 0.3) is 0 Å². The minimum absolute atomic E-state index is 0.0888. The summed E-state index contributed by atoms with van der Waals surface area (Å²) in [6.45, 7) is 5.10. The first-order valence-electron chi connectivity index (χ1n) is 9.87. The summed E-state index contributed by atoms with van der Waals surface area (Å²) in [5.74, 6) is -0.484. The van der Waals surface area contributed by atoms with Crippen molar-refractivity contribution in [1.82, 2.24) is 4.98 Å². The third-order valence-electron chi connectivity index (χ3n) is 4.49. The smallest absolute Gasteiger partial charge is 0.416 e. The molecule has 0 fully saturated rings. The largest absolute Gasteiger partial charge is 0.443 e. The van der Waals surface area contributed by atoms with E-state index in [2.05, 4.69) is 4.98 Å². The zero-order valence-corrected chi connectivity index (χ0v) is 21.5. The number of sulfone groups is 2. The Morgan fingerprint density at radius 3 is 2.15 bits per heavy atom. The minimum Gasteiger partial charge on any atom is -0.443 e. The number of ether oxygens (including phenoxy) is 1. The van der Waals surface area contributed by atoms with Gasteiger partial charge in [0.05, 0.1) is 16.0 Å². The highest BCUT2D eigenvalue weighted by molar-refractivity contribution is 7.93. The van der Waals surface area contributed by atoms with Crippen molar-refractivity contribution in [3.63, 3.8) is 0 Å². The summed E-state index contributed by atoms with van der Waals surface area (Å²) in [5.41, 5.74) is -0.0181. The average molecular weight is 527 g/mol. The molecule has 34 heavy (non-hydrogen) atoms. The molecule has 0 spiro atoms. The number of hydrogen-bond donors (Lipinski definition) is 0. The summed E-state index contributed by atoms with van der Waals surface area (Å²) < 4.78 is 69.7. The summed E-state index contributed by atoms with van der Waals surface area (Å²) in [6.07, 6.45) is 1.36. The quantitative estimate of drug-likeness (QED) is 0.479. The van der Waals surface area contributed by atoms with E-state index >= 15 is 0 Å². The van der Waals surface area contributed by atoms with Crippen molar-refractivity contribution >= 4 is 42.2 Å². The molecule has 0 radical (unpaired) electrons. The molecule has 0 N–H and O–H groups in total. The molecule has 0 saturated carbocycles. The molecule has 12 heteroatoms. The van der Waals surface area contributed by atoms with E-state index in [4.69, 9.17) is 4.74 Å². The molecule has 0 aliphatic carbocycles. The van der Waals surface area contributed by atoms with Crippen molar-refractivity contribution in [1.29, 1.82) is 0 Å². The maximum atomic E-state index is 13.4. The number of aromatic nitrogens is 1. The summed E-state index contributed by atoms with van der Waals surface area (Å²) in [4.78, 5) is 16.9. The van der Waals surface area contributed by atoms with Crippen LogP contribution in [0.25, 0.3) is 11.1 Å². The molecule has 0 saturated heterocycles. The third kappa shape index (κ3) is 5.80. The Balaban J connectivity index is 2.06. The molecule has 182 valence electrons. The number of carbonyl (C=O) groups is 1. The topological polar surface area (TPSA) is 111 Å². The van der Waals surface area contributed by atoms with Gasteiger partial charge in [0.1, 0.15) is 15.6 Å². The van der Waals surface area contributed by atoms with Crippen LogP contribution in [0.3, 0.4) is 0 Å².